The molecule has 1 aliphatic carbocycles. The Morgan fingerprint density at radius 2 is 2.06 bits per heavy atom. The lowest BCUT2D eigenvalue weighted by molar-refractivity contribution is -0.155. The van der Waals surface area contributed by atoms with Crippen molar-refractivity contribution < 1.29 is 19.2 Å². The van der Waals surface area contributed by atoms with Gasteiger partial charge in [0.2, 0.25) is 12.3 Å². The summed E-state index contributed by atoms with van der Waals surface area (Å²) in [6.07, 6.45) is 5.24. The van der Waals surface area contributed by atoms with E-state index in [-0.39, 0.29) is 36.6 Å². The highest BCUT2D eigenvalue weighted by Gasteiger charge is 2.28. The molecule has 2 aliphatic rings. The van der Waals surface area contributed by atoms with E-state index in [4.69, 9.17) is 0 Å². The van der Waals surface area contributed by atoms with E-state index in [1.807, 2.05) is 11.9 Å². The monoisotopic (exact) mass is 450 g/mol. The average Bonchev–Trinajstić information content (AvgIpc) is 3.28. The van der Waals surface area contributed by atoms with Gasteiger partial charge in [-0.3, -0.25) is 14.8 Å². The van der Waals surface area contributed by atoms with Gasteiger partial charge >= 0.3 is 0 Å². The Kier molecular flexibility index (Phi) is 8.36. The van der Waals surface area contributed by atoms with E-state index in [2.05, 4.69) is 27.1 Å². The number of carbonyl (C=O) groups is 2. The standard InChI is InChI=1S/C22H35FN6O3/c1-15-12-28(9-8-27(15)3)21-20(23)19(25-16(2)26-21)11-24-22(31)18(13-29(32)14-30)10-17-6-4-5-7-17/h14-15,17-18,32H,4-13H2,1-3H3,(H,24,31)/t15-,18-/m1/s1. The van der Waals surface area contributed by atoms with Crippen LogP contribution in [0, 0.1) is 24.6 Å². The number of hydrogen-bond donors (Lipinski definition) is 2. The van der Waals surface area contributed by atoms with Gasteiger partial charge in [0.05, 0.1) is 19.0 Å². The topological polar surface area (TPSA) is 102 Å². The number of piperazine rings is 1. The van der Waals surface area contributed by atoms with E-state index in [1.165, 1.54) is 0 Å². The SMILES string of the molecule is Cc1nc(CNC(=O)[C@H](CC2CCCC2)CN(O)C=O)c(F)c(N2CCN(C)[C@H](C)C2)n1. The lowest BCUT2D eigenvalue weighted by atomic mass is 9.92. The zero-order valence-electron chi connectivity index (χ0n) is 19.3. The molecular weight excluding hydrogens is 415 g/mol. The van der Waals surface area contributed by atoms with Gasteiger partial charge in [0.1, 0.15) is 11.5 Å². The number of hydrogen-bond acceptors (Lipinski definition) is 7. The van der Waals surface area contributed by atoms with Gasteiger partial charge in [-0.05, 0) is 33.2 Å². The van der Waals surface area contributed by atoms with Crippen molar-refractivity contribution in [2.24, 2.45) is 11.8 Å². The molecule has 9 nitrogen and oxygen atoms in total. The van der Waals surface area contributed by atoms with Gasteiger partial charge < -0.3 is 15.1 Å². The summed E-state index contributed by atoms with van der Waals surface area (Å²) in [7, 11) is 2.05. The second-order valence-corrected chi connectivity index (χ2v) is 9.16. The van der Waals surface area contributed by atoms with Crippen LogP contribution in [0.3, 0.4) is 0 Å². The molecule has 2 fully saturated rings. The predicted molar refractivity (Wildman–Crippen MR) is 118 cm³/mol. The number of rotatable bonds is 9. The molecule has 0 radical (unpaired) electrons. The lowest BCUT2D eigenvalue weighted by Gasteiger charge is -2.38. The molecule has 0 spiro atoms. The highest BCUT2D eigenvalue weighted by molar-refractivity contribution is 5.79. The van der Waals surface area contributed by atoms with Crippen molar-refractivity contribution in [3.63, 3.8) is 0 Å². The first-order valence-electron chi connectivity index (χ1n) is 11.4. The number of anilines is 1. The van der Waals surface area contributed by atoms with Gasteiger partial charge in [-0.2, -0.15) is 0 Å². The molecule has 32 heavy (non-hydrogen) atoms. The first-order valence-corrected chi connectivity index (χ1v) is 11.4. The van der Waals surface area contributed by atoms with Crippen LogP contribution < -0.4 is 10.2 Å². The van der Waals surface area contributed by atoms with Crippen molar-refractivity contribution in [3.05, 3.63) is 17.3 Å². The summed E-state index contributed by atoms with van der Waals surface area (Å²) in [4.78, 5) is 36.4. The Morgan fingerprint density at radius 1 is 1.34 bits per heavy atom. The number of aromatic nitrogens is 2. The van der Waals surface area contributed by atoms with Crippen molar-refractivity contribution in [1.82, 2.24) is 25.2 Å². The highest BCUT2D eigenvalue weighted by Crippen LogP contribution is 2.30. The van der Waals surface area contributed by atoms with Crippen LogP contribution in [-0.2, 0) is 16.1 Å². The number of carbonyl (C=O) groups excluding carboxylic acids is 2. The molecule has 2 amide bonds. The fraction of sp³-hybridized carbons (Fsp3) is 0.727. The summed E-state index contributed by atoms with van der Waals surface area (Å²) in [5.41, 5.74) is 0.142. The number of nitrogens with one attached hydrogen (secondary N) is 1. The normalized spacial score (nSPS) is 20.9. The van der Waals surface area contributed by atoms with Crippen molar-refractivity contribution >= 4 is 18.1 Å². The Bertz CT molecular complexity index is 804. The molecule has 2 N–H and O–H groups in total. The third-order valence-electron chi connectivity index (χ3n) is 6.70. The van der Waals surface area contributed by atoms with E-state index >= 15 is 4.39 Å². The molecule has 10 heteroatoms. The van der Waals surface area contributed by atoms with Crippen molar-refractivity contribution in [2.45, 2.75) is 58.5 Å². The summed E-state index contributed by atoms with van der Waals surface area (Å²) in [6.45, 7) is 5.79. The summed E-state index contributed by atoms with van der Waals surface area (Å²) >= 11 is 0. The Labute approximate surface area is 188 Å². The third-order valence-corrected chi connectivity index (χ3v) is 6.70. The van der Waals surface area contributed by atoms with E-state index in [0.717, 1.165) is 32.2 Å². The maximum atomic E-state index is 15.3. The van der Waals surface area contributed by atoms with Gasteiger partial charge in [-0.1, -0.05) is 25.7 Å². The quantitative estimate of drug-likeness (QED) is 0.336. The first-order chi connectivity index (χ1) is 15.3. The third kappa shape index (κ3) is 6.13. The van der Waals surface area contributed by atoms with Gasteiger partial charge in [0.15, 0.2) is 11.6 Å². The number of hydroxylamine groups is 2. The van der Waals surface area contributed by atoms with Crippen LogP contribution in [0.15, 0.2) is 0 Å². The Balaban J connectivity index is 1.69. The van der Waals surface area contributed by atoms with E-state index in [9.17, 15) is 14.8 Å². The highest BCUT2D eigenvalue weighted by atomic mass is 19.1. The largest absolute Gasteiger partial charge is 0.351 e. The van der Waals surface area contributed by atoms with Crippen LogP contribution >= 0.6 is 0 Å². The van der Waals surface area contributed by atoms with Crippen LogP contribution in [-0.4, -0.2) is 76.7 Å². The average molecular weight is 451 g/mol. The summed E-state index contributed by atoms with van der Waals surface area (Å²) in [5.74, 6) is -0.277. The number of likely N-dealkylation sites (N-methyl/N-ethyl adjacent to an activating group) is 1. The molecule has 2 heterocycles. The maximum absolute atomic E-state index is 15.3. The van der Waals surface area contributed by atoms with Crippen LogP contribution in [0.2, 0.25) is 0 Å². The van der Waals surface area contributed by atoms with Crippen LogP contribution in [0.25, 0.3) is 0 Å². The minimum absolute atomic E-state index is 0.0714. The zero-order chi connectivity index (χ0) is 23.3. The van der Waals surface area contributed by atoms with Gasteiger partial charge in [-0.25, -0.2) is 19.4 Å². The minimum atomic E-state index is -0.558. The van der Waals surface area contributed by atoms with Crippen LogP contribution in [0.5, 0.6) is 0 Å². The molecule has 1 aromatic heterocycles. The summed E-state index contributed by atoms with van der Waals surface area (Å²) in [5, 5.41) is 12.9. The van der Waals surface area contributed by atoms with Gasteiger partial charge in [0.25, 0.3) is 0 Å². The number of halogens is 1. The molecule has 178 valence electrons. The van der Waals surface area contributed by atoms with Crippen LogP contribution in [0.1, 0.15) is 50.5 Å². The van der Waals surface area contributed by atoms with Crippen molar-refractivity contribution in [3.8, 4) is 0 Å². The Morgan fingerprint density at radius 3 is 2.72 bits per heavy atom. The fourth-order valence-corrected chi connectivity index (χ4v) is 4.67. The molecule has 1 aromatic rings. The Hall–Kier alpha value is -2.33. The zero-order valence-corrected chi connectivity index (χ0v) is 19.3. The summed E-state index contributed by atoms with van der Waals surface area (Å²) < 4.78 is 15.3. The van der Waals surface area contributed by atoms with E-state index in [0.29, 0.717) is 42.7 Å². The summed E-state index contributed by atoms with van der Waals surface area (Å²) in [6, 6.07) is 0.275. The second-order valence-electron chi connectivity index (χ2n) is 9.16. The van der Waals surface area contributed by atoms with Gasteiger partial charge in [0, 0.05) is 25.7 Å². The van der Waals surface area contributed by atoms with Crippen molar-refractivity contribution in [2.75, 3.05) is 38.1 Å². The smallest absolute Gasteiger partial charge is 0.233 e. The van der Waals surface area contributed by atoms with Gasteiger partial charge in [-0.15, -0.1) is 0 Å². The number of amides is 2. The molecule has 0 bridgehead atoms. The number of aryl methyl sites for hydroxylation is 1. The van der Waals surface area contributed by atoms with E-state index in [1.54, 1.807) is 6.92 Å². The molecule has 0 aromatic carbocycles. The molecule has 1 saturated heterocycles. The molecule has 2 atom stereocenters. The second kappa shape index (κ2) is 11.0. The first kappa shape index (κ1) is 24.3. The van der Waals surface area contributed by atoms with E-state index < -0.39 is 11.7 Å². The van der Waals surface area contributed by atoms with Crippen molar-refractivity contribution in [1.29, 1.82) is 0 Å². The molecule has 1 aliphatic heterocycles. The number of nitrogens with zero attached hydrogens (tertiary/aromatic N) is 5. The maximum Gasteiger partial charge on any atom is 0.233 e. The predicted octanol–water partition coefficient (Wildman–Crippen LogP) is 1.72. The van der Waals surface area contributed by atoms with Crippen LogP contribution in [0.4, 0.5) is 10.2 Å². The molecular formula is C22H35FN6O3. The fourth-order valence-electron chi connectivity index (χ4n) is 4.67. The lowest BCUT2D eigenvalue weighted by Crippen LogP contribution is -2.50. The molecule has 1 saturated carbocycles. The molecule has 0 unspecified atom stereocenters. The molecule has 3 rings (SSSR count). The minimum Gasteiger partial charge on any atom is -0.351 e.